The Kier molecular flexibility index (Phi) is 2.64. The van der Waals surface area contributed by atoms with E-state index in [1.807, 2.05) is 0 Å². The van der Waals surface area contributed by atoms with Gasteiger partial charge in [-0.2, -0.15) is 0 Å². The molecule has 0 amide bonds. The van der Waals surface area contributed by atoms with Gasteiger partial charge in [-0.3, -0.25) is 9.59 Å². The van der Waals surface area contributed by atoms with Crippen LogP contribution in [0.2, 0.25) is 0 Å². The summed E-state index contributed by atoms with van der Waals surface area (Å²) in [5.41, 5.74) is -0.404. The third kappa shape index (κ3) is 1.41. The molecule has 0 unspecified atom stereocenters. The maximum atomic E-state index is 12.4. The molecule has 14 heavy (non-hydrogen) atoms. The van der Waals surface area contributed by atoms with E-state index in [9.17, 15) is 18.4 Å². The van der Waals surface area contributed by atoms with Crippen molar-refractivity contribution in [1.29, 1.82) is 0 Å². The van der Waals surface area contributed by atoms with Crippen LogP contribution in [0, 0.1) is 0 Å². The molecule has 0 N–H and O–H groups in total. The first kappa shape index (κ1) is 10.8. The average Bonchev–Trinajstić information content (AvgIpc) is 2.11. The molecule has 1 rings (SSSR count). The van der Waals surface area contributed by atoms with Crippen molar-refractivity contribution in [3.63, 3.8) is 0 Å². The van der Waals surface area contributed by atoms with Gasteiger partial charge in [0, 0.05) is 16.7 Å². The zero-order valence-corrected chi connectivity index (χ0v) is 8.15. The van der Waals surface area contributed by atoms with Crippen LogP contribution in [0.4, 0.5) is 8.78 Å². The highest BCUT2D eigenvalue weighted by Gasteiger charge is 2.32. The summed E-state index contributed by atoms with van der Waals surface area (Å²) in [5.74, 6) is -1.17. The Labute approximate surface area is 80.3 Å². The Morgan fingerprint density at radius 2 is 1.29 bits per heavy atom. The Morgan fingerprint density at radius 1 is 0.857 bits per heavy atom. The molecular weight excluding hydrogens is 190 g/mol. The molecule has 0 aromatic rings. The molecule has 0 aromatic carbocycles. The van der Waals surface area contributed by atoms with Crippen LogP contribution in [0.1, 0.15) is 20.8 Å². The van der Waals surface area contributed by atoms with Crippen molar-refractivity contribution in [3.8, 4) is 0 Å². The number of alkyl halides is 2. The van der Waals surface area contributed by atoms with E-state index in [1.165, 1.54) is 20.8 Å². The molecule has 0 atom stereocenters. The molecule has 0 saturated heterocycles. The lowest BCUT2D eigenvalue weighted by Gasteiger charge is -2.17. The van der Waals surface area contributed by atoms with Crippen molar-refractivity contribution in [2.75, 3.05) is 0 Å². The summed E-state index contributed by atoms with van der Waals surface area (Å²) in [6, 6.07) is 0. The van der Waals surface area contributed by atoms with E-state index in [-0.39, 0.29) is 16.7 Å². The Bertz CT molecular complexity index is 376. The van der Waals surface area contributed by atoms with Crippen molar-refractivity contribution in [2.45, 2.75) is 27.2 Å². The van der Waals surface area contributed by atoms with Gasteiger partial charge in [0.05, 0.1) is 5.57 Å². The summed E-state index contributed by atoms with van der Waals surface area (Å²) in [6.45, 7) is 4.13. The van der Waals surface area contributed by atoms with Gasteiger partial charge in [0.25, 0.3) is 6.43 Å². The van der Waals surface area contributed by atoms with Gasteiger partial charge in [-0.15, -0.1) is 0 Å². The first-order valence-electron chi connectivity index (χ1n) is 4.13. The number of hydrogen-bond donors (Lipinski definition) is 0. The molecule has 0 heterocycles. The number of Topliss-reactive ketones (excluding diaryl/α,β-unsaturated/α-hetero) is 2. The van der Waals surface area contributed by atoms with E-state index < -0.39 is 23.6 Å². The SMILES string of the molecule is CC1=C(C)C(=O)C(C(F)F)=C(C)C1=O. The maximum absolute atomic E-state index is 12.4. The zero-order valence-electron chi connectivity index (χ0n) is 8.15. The van der Waals surface area contributed by atoms with Gasteiger partial charge in [0.2, 0.25) is 0 Å². The second kappa shape index (κ2) is 3.44. The summed E-state index contributed by atoms with van der Waals surface area (Å²) < 4.78 is 24.9. The fourth-order valence-electron chi connectivity index (χ4n) is 1.38. The average molecular weight is 200 g/mol. The van der Waals surface area contributed by atoms with Crippen molar-refractivity contribution in [3.05, 3.63) is 22.3 Å². The summed E-state index contributed by atoms with van der Waals surface area (Å²) in [4.78, 5) is 22.8. The highest BCUT2D eigenvalue weighted by atomic mass is 19.3. The van der Waals surface area contributed by atoms with Crippen molar-refractivity contribution >= 4 is 11.6 Å². The molecule has 0 fully saturated rings. The van der Waals surface area contributed by atoms with Gasteiger partial charge in [-0.1, -0.05) is 0 Å². The van der Waals surface area contributed by atoms with Crippen LogP contribution in [0.15, 0.2) is 22.3 Å². The molecule has 1 aliphatic carbocycles. The number of carbonyl (C=O) groups is 2. The van der Waals surface area contributed by atoms with E-state index in [2.05, 4.69) is 0 Å². The van der Waals surface area contributed by atoms with Gasteiger partial charge < -0.3 is 0 Å². The monoisotopic (exact) mass is 200 g/mol. The summed E-state index contributed by atoms with van der Waals surface area (Å²) in [5, 5.41) is 0. The molecule has 0 aromatic heterocycles. The fraction of sp³-hybridized carbons (Fsp3) is 0.400. The van der Waals surface area contributed by atoms with Gasteiger partial charge in [0.1, 0.15) is 0 Å². The highest BCUT2D eigenvalue weighted by Crippen LogP contribution is 2.27. The number of hydrogen-bond acceptors (Lipinski definition) is 2. The van der Waals surface area contributed by atoms with Gasteiger partial charge in [-0.05, 0) is 20.8 Å². The van der Waals surface area contributed by atoms with Crippen molar-refractivity contribution in [2.24, 2.45) is 0 Å². The second-order valence-corrected chi connectivity index (χ2v) is 3.25. The smallest absolute Gasteiger partial charge is 0.268 e. The molecule has 0 aliphatic heterocycles. The number of rotatable bonds is 1. The van der Waals surface area contributed by atoms with Crippen LogP contribution in [-0.4, -0.2) is 18.0 Å². The quantitative estimate of drug-likeness (QED) is 0.607. The number of halogens is 2. The summed E-state index contributed by atoms with van der Waals surface area (Å²) in [7, 11) is 0. The van der Waals surface area contributed by atoms with E-state index in [0.29, 0.717) is 0 Å². The molecule has 1 aliphatic rings. The van der Waals surface area contributed by atoms with E-state index in [4.69, 9.17) is 0 Å². The summed E-state index contributed by atoms with van der Waals surface area (Å²) in [6.07, 6.45) is -2.88. The topological polar surface area (TPSA) is 34.1 Å². The minimum absolute atomic E-state index is 0.121. The lowest BCUT2D eigenvalue weighted by Crippen LogP contribution is -2.24. The molecule has 0 radical (unpaired) electrons. The lowest BCUT2D eigenvalue weighted by molar-refractivity contribution is -0.117. The number of ketones is 2. The molecule has 4 heteroatoms. The number of carbonyl (C=O) groups excluding carboxylic acids is 2. The van der Waals surface area contributed by atoms with Crippen LogP contribution in [-0.2, 0) is 9.59 Å². The van der Waals surface area contributed by atoms with Crippen LogP contribution in [0.25, 0.3) is 0 Å². The Balaban J connectivity index is 3.34. The van der Waals surface area contributed by atoms with Crippen molar-refractivity contribution in [1.82, 2.24) is 0 Å². The van der Waals surface area contributed by atoms with Crippen LogP contribution in [0.5, 0.6) is 0 Å². The van der Waals surface area contributed by atoms with Crippen LogP contribution in [0.3, 0.4) is 0 Å². The van der Waals surface area contributed by atoms with Gasteiger partial charge in [0.15, 0.2) is 11.6 Å². The highest BCUT2D eigenvalue weighted by molar-refractivity contribution is 6.24. The van der Waals surface area contributed by atoms with Crippen LogP contribution >= 0.6 is 0 Å². The third-order valence-corrected chi connectivity index (χ3v) is 2.45. The Hall–Kier alpha value is -1.32. The molecule has 2 nitrogen and oxygen atoms in total. The van der Waals surface area contributed by atoms with E-state index in [1.54, 1.807) is 0 Å². The summed E-state index contributed by atoms with van der Waals surface area (Å²) >= 11 is 0. The standard InChI is InChI=1S/C10H10F2O2/c1-4-5(2)9(14)7(10(11)12)6(3)8(4)13/h10H,1-3H3. The zero-order chi connectivity index (χ0) is 11.0. The lowest BCUT2D eigenvalue weighted by atomic mass is 9.86. The second-order valence-electron chi connectivity index (χ2n) is 3.25. The minimum atomic E-state index is -2.88. The predicted octanol–water partition coefficient (Wildman–Crippen LogP) is 2.06. The molecular formula is C10H10F2O2. The van der Waals surface area contributed by atoms with E-state index >= 15 is 0 Å². The molecule has 76 valence electrons. The van der Waals surface area contributed by atoms with Gasteiger partial charge >= 0.3 is 0 Å². The molecule has 0 bridgehead atoms. The third-order valence-electron chi connectivity index (χ3n) is 2.45. The van der Waals surface area contributed by atoms with Crippen LogP contribution < -0.4 is 0 Å². The molecule has 0 spiro atoms. The fourth-order valence-corrected chi connectivity index (χ4v) is 1.38. The normalized spacial score (nSPS) is 18.7. The van der Waals surface area contributed by atoms with E-state index in [0.717, 1.165) is 0 Å². The first-order chi connectivity index (χ1) is 6.37. The minimum Gasteiger partial charge on any atom is -0.289 e. The van der Waals surface area contributed by atoms with Crippen molar-refractivity contribution < 1.29 is 18.4 Å². The number of allylic oxidation sites excluding steroid dienone is 4. The first-order valence-corrected chi connectivity index (χ1v) is 4.13. The molecule has 0 saturated carbocycles. The Morgan fingerprint density at radius 3 is 1.71 bits per heavy atom. The van der Waals surface area contributed by atoms with Gasteiger partial charge in [-0.25, -0.2) is 8.78 Å². The largest absolute Gasteiger partial charge is 0.289 e. The predicted molar refractivity (Wildman–Crippen MR) is 47.1 cm³/mol. The maximum Gasteiger partial charge on any atom is 0.268 e.